The van der Waals surface area contributed by atoms with Crippen molar-refractivity contribution in [3.05, 3.63) is 74.0 Å². The van der Waals surface area contributed by atoms with Crippen molar-refractivity contribution in [1.29, 1.82) is 0 Å². The lowest BCUT2D eigenvalue weighted by Gasteiger charge is -2.28. The number of hydrogen-bond donors (Lipinski definition) is 0. The van der Waals surface area contributed by atoms with Crippen LogP contribution in [0.25, 0.3) is 5.57 Å². The van der Waals surface area contributed by atoms with Crippen molar-refractivity contribution >= 4 is 5.57 Å². The largest absolute Gasteiger partial charge is 0.362 e. The normalized spacial score (nSPS) is 21.4. The molecule has 21 heavy (non-hydrogen) atoms. The lowest BCUT2D eigenvalue weighted by atomic mass is 9.87. The van der Waals surface area contributed by atoms with Gasteiger partial charge in [0.25, 0.3) is 5.70 Å². The molecule has 0 aliphatic heterocycles. The molecule has 1 aromatic carbocycles. The third-order valence-electron chi connectivity index (χ3n) is 3.28. The molecule has 1 atom stereocenters. The van der Waals surface area contributed by atoms with E-state index in [1.54, 1.807) is 37.3 Å². The molecular weight excluding hydrogens is 276 g/mol. The Morgan fingerprint density at radius 2 is 1.86 bits per heavy atom. The van der Waals surface area contributed by atoms with E-state index in [4.69, 9.17) is 4.74 Å². The zero-order chi connectivity index (χ0) is 15.5. The molecule has 1 aliphatic rings. The molecule has 2 rings (SSSR count). The first-order valence-corrected chi connectivity index (χ1v) is 6.41. The van der Waals surface area contributed by atoms with E-state index in [1.807, 2.05) is 0 Å². The van der Waals surface area contributed by atoms with Crippen molar-refractivity contribution in [2.75, 3.05) is 6.61 Å². The monoisotopic (exact) mass is 290 g/mol. The Labute approximate surface area is 120 Å². The summed E-state index contributed by atoms with van der Waals surface area (Å²) in [6.07, 6.45) is 2.29. The molecule has 0 fully saturated rings. The van der Waals surface area contributed by atoms with Crippen molar-refractivity contribution in [2.24, 2.45) is 0 Å². The smallest absolute Gasteiger partial charge is 0.311 e. The van der Waals surface area contributed by atoms with Crippen LogP contribution in [-0.4, -0.2) is 22.2 Å². The Morgan fingerprint density at radius 1 is 1.19 bits per heavy atom. The van der Waals surface area contributed by atoms with Gasteiger partial charge in [-0.05, 0) is 18.6 Å². The van der Waals surface area contributed by atoms with Gasteiger partial charge in [-0.15, -0.1) is 0 Å². The summed E-state index contributed by atoms with van der Waals surface area (Å²) in [7, 11) is 0. The van der Waals surface area contributed by atoms with Crippen LogP contribution in [-0.2, 0) is 4.74 Å². The third-order valence-corrected chi connectivity index (χ3v) is 3.28. The number of hydrogen-bond acceptors (Lipinski definition) is 5. The minimum absolute atomic E-state index is 0.0795. The van der Waals surface area contributed by atoms with Gasteiger partial charge in [0.15, 0.2) is 0 Å². The Hall–Kier alpha value is -2.54. The van der Waals surface area contributed by atoms with Crippen LogP contribution in [0.4, 0.5) is 0 Å². The molecule has 0 saturated heterocycles. The lowest BCUT2D eigenvalue weighted by Crippen LogP contribution is -2.44. The first-order chi connectivity index (χ1) is 10.0. The third kappa shape index (κ3) is 2.68. The van der Waals surface area contributed by atoms with Gasteiger partial charge in [0.1, 0.15) is 6.42 Å². The molecule has 0 aromatic heterocycles. The summed E-state index contributed by atoms with van der Waals surface area (Å²) < 4.78 is 5.37. The summed E-state index contributed by atoms with van der Waals surface area (Å²) in [5, 5.41) is 22.6. The van der Waals surface area contributed by atoms with Crippen LogP contribution < -0.4 is 0 Å². The van der Waals surface area contributed by atoms with Gasteiger partial charge in [-0.25, -0.2) is 0 Å². The van der Waals surface area contributed by atoms with Gasteiger partial charge in [0.05, 0.1) is 22.0 Å². The van der Waals surface area contributed by atoms with Crippen LogP contribution in [0, 0.1) is 20.2 Å². The summed E-state index contributed by atoms with van der Waals surface area (Å²) in [6.45, 7) is 1.70. The van der Waals surface area contributed by atoms with E-state index in [0.717, 1.165) is 0 Å². The first-order valence-electron chi connectivity index (χ1n) is 6.41. The predicted molar refractivity (Wildman–Crippen MR) is 75.5 cm³/mol. The van der Waals surface area contributed by atoms with Gasteiger partial charge in [-0.1, -0.05) is 30.3 Å². The molecule has 0 saturated carbocycles. The number of ether oxygens (including phenoxy) is 1. The minimum Gasteiger partial charge on any atom is -0.311 e. The Morgan fingerprint density at radius 3 is 2.38 bits per heavy atom. The van der Waals surface area contributed by atoms with Crippen LogP contribution in [0.2, 0.25) is 0 Å². The van der Waals surface area contributed by atoms with E-state index < -0.39 is 22.0 Å². The molecule has 7 nitrogen and oxygen atoms in total. The average Bonchev–Trinajstić information content (AvgIpc) is 2.48. The molecule has 0 spiro atoms. The number of nitrogens with zero attached hydrogens (tertiary/aromatic N) is 2. The second-order valence-corrected chi connectivity index (χ2v) is 4.51. The highest BCUT2D eigenvalue weighted by molar-refractivity contribution is 5.73. The molecule has 0 radical (unpaired) electrons. The van der Waals surface area contributed by atoms with Crippen LogP contribution in [0.1, 0.15) is 18.9 Å². The fourth-order valence-electron chi connectivity index (χ4n) is 2.36. The van der Waals surface area contributed by atoms with Crippen molar-refractivity contribution in [3.8, 4) is 0 Å². The molecule has 1 aromatic rings. The van der Waals surface area contributed by atoms with E-state index in [9.17, 15) is 20.2 Å². The maximum atomic E-state index is 11.6. The van der Waals surface area contributed by atoms with Crippen LogP contribution in [0.15, 0.2) is 48.2 Å². The van der Waals surface area contributed by atoms with Crippen molar-refractivity contribution in [2.45, 2.75) is 19.1 Å². The quantitative estimate of drug-likeness (QED) is 0.472. The van der Waals surface area contributed by atoms with E-state index >= 15 is 0 Å². The Bertz CT molecular complexity index is 624. The fourth-order valence-corrected chi connectivity index (χ4v) is 2.36. The van der Waals surface area contributed by atoms with E-state index in [1.165, 1.54) is 12.2 Å². The molecule has 1 unspecified atom stereocenters. The van der Waals surface area contributed by atoms with E-state index in [0.29, 0.717) is 11.1 Å². The summed E-state index contributed by atoms with van der Waals surface area (Å²) in [5.41, 5.74) is -1.23. The van der Waals surface area contributed by atoms with Gasteiger partial charge in [0.2, 0.25) is 0 Å². The SMILES string of the molecule is CCOC1([N+](=O)[O-])CC([N+](=O)[O-])=CC=C1c1ccccc1. The highest BCUT2D eigenvalue weighted by Crippen LogP contribution is 2.39. The summed E-state index contributed by atoms with van der Waals surface area (Å²) in [5.74, 6) is 0. The Balaban J connectivity index is 2.60. The lowest BCUT2D eigenvalue weighted by molar-refractivity contribution is -0.613. The zero-order valence-corrected chi connectivity index (χ0v) is 11.4. The second kappa shape index (κ2) is 5.84. The van der Waals surface area contributed by atoms with Crippen LogP contribution >= 0.6 is 0 Å². The maximum absolute atomic E-state index is 11.6. The van der Waals surface area contributed by atoms with E-state index in [2.05, 4.69) is 0 Å². The molecule has 1 aliphatic carbocycles. The first kappa shape index (κ1) is 14.9. The van der Waals surface area contributed by atoms with Gasteiger partial charge in [-0.3, -0.25) is 20.2 Å². The predicted octanol–water partition coefficient (Wildman–Crippen LogP) is 2.64. The molecule has 0 heterocycles. The molecule has 0 N–H and O–H groups in total. The second-order valence-electron chi connectivity index (χ2n) is 4.51. The van der Waals surface area contributed by atoms with Crippen LogP contribution in [0.5, 0.6) is 0 Å². The van der Waals surface area contributed by atoms with Crippen molar-refractivity contribution in [3.63, 3.8) is 0 Å². The van der Waals surface area contributed by atoms with Gasteiger partial charge in [-0.2, -0.15) is 0 Å². The fraction of sp³-hybridized carbons (Fsp3) is 0.286. The number of benzene rings is 1. The van der Waals surface area contributed by atoms with Crippen molar-refractivity contribution in [1.82, 2.24) is 0 Å². The highest BCUT2D eigenvalue weighted by Gasteiger charge is 2.53. The van der Waals surface area contributed by atoms with Gasteiger partial charge < -0.3 is 4.74 Å². The molecular formula is C14H14N2O5. The number of allylic oxidation sites excluding steroid dienone is 2. The maximum Gasteiger partial charge on any atom is 0.362 e. The summed E-state index contributed by atoms with van der Waals surface area (Å²) in [4.78, 5) is 21.3. The van der Waals surface area contributed by atoms with Gasteiger partial charge in [0, 0.05) is 6.08 Å². The zero-order valence-electron chi connectivity index (χ0n) is 11.4. The minimum atomic E-state index is -1.92. The standard InChI is InChI=1S/C14H14N2O5/c1-2-21-14(16(19)20)10-12(15(17)18)8-9-13(14)11-6-4-3-5-7-11/h3-9H,2,10H2,1H3. The summed E-state index contributed by atoms with van der Waals surface area (Å²) in [6, 6.07) is 8.72. The molecule has 0 bridgehead atoms. The topological polar surface area (TPSA) is 95.5 Å². The average molecular weight is 290 g/mol. The Kier molecular flexibility index (Phi) is 4.13. The summed E-state index contributed by atoms with van der Waals surface area (Å²) >= 11 is 0. The number of nitro groups is 2. The van der Waals surface area contributed by atoms with E-state index in [-0.39, 0.29) is 12.3 Å². The molecule has 0 amide bonds. The number of rotatable bonds is 5. The highest BCUT2D eigenvalue weighted by atomic mass is 16.7. The molecule has 110 valence electrons. The van der Waals surface area contributed by atoms with Crippen molar-refractivity contribution < 1.29 is 14.6 Å². The van der Waals surface area contributed by atoms with Crippen LogP contribution in [0.3, 0.4) is 0 Å². The van der Waals surface area contributed by atoms with Gasteiger partial charge >= 0.3 is 5.72 Å². The molecule has 7 heteroatoms.